The molecular formula is C17H28O. The molecule has 1 rings (SSSR count). The molecule has 0 radical (unpaired) electrons. The Morgan fingerprint density at radius 3 is 2.22 bits per heavy atom. The highest BCUT2D eigenvalue weighted by molar-refractivity contribution is 5.21. The molecule has 0 aliphatic rings. The van der Waals surface area contributed by atoms with Crippen LogP contribution >= 0.6 is 0 Å². The number of ether oxygens (including phenoxy) is 1. The zero-order valence-corrected chi connectivity index (χ0v) is 12.1. The van der Waals surface area contributed by atoms with E-state index < -0.39 is 0 Å². The van der Waals surface area contributed by atoms with E-state index in [0.29, 0.717) is 0 Å². The SMILES string of the molecule is CCCCCCCCOCCc1ccc(C)cc1. The Morgan fingerprint density at radius 1 is 0.833 bits per heavy atom. The van der Waals surface area contributed by atoms with Gasteiger partial charge in [0.05, 0.1) is 6.61 Å². The number of hydrogen-bond donors (Lipinski definition) is 0. The highest BCUT2D eigenvalue weighted by Gasteiger charge is 1.94. The molecule has 0 aliphatic carbocycles. The van der Waals surface area contributed by atoms with Crippen LogP contribution in [0.4, 0.5) is 0 Å². The van der Waals surface area contributed by atoms with E-state index in [9.17, 15) is 0 Å². The molecule has 0 bridgehead atoms. The fourth-order valence-electron chi connectivity index (χ4n) is 2.03. The summed E-state index contributed by atoms with van der Waals surface area (Å²) in [7, 11) is 0. The van der Waals surface area contributed by atoms with Crippen molar-refractivity contribution in [1.29, 1.82) is 0 Å². The average Bonchev–Trinajstić information content (AvgIpc) is 2.39. The van der Waals surface area contributed by atoms with Crippen LogP contribution in [0.25, 0.3) is 0 Å². The molecule has 0 spiro atoms. The van der Waals surface area contributed by atoms with Gasteiger partial charge in [-0.3, -0.25) is 0 Å². The summed E-state index contributed by atoms with van der Waals surface area (Å²) in [6.07, 6.45) is 9.05. The van der Waals surface area contributed by atoms with Crippen molar-refractivity contribution in [2.24, 2.45) is 0 Å². The molecule has 0 heterocycles. The van der Waals surface area contributed by atoms with Crippen LogP contribution in [0.1, 0.15) is 56.6 Å². The van der Waals surface area contributed by atoms with Crippen molar-refractivity contribution in [3.8, 4) is 0 Å². The molecule has 0 fully saturated rings. The van der Waals surface area contributed by atoms with E-state index >= 15 is 0 Å². The van der Waals surface area contributed by atoms with Crippen LogP contribution in [0.5, 0.6) is 0 Å². The largest absolute Gasteiger partial charge is 0.381 e. The predicted octanol–water partition coefficient (Wildman–Crippen LogP) is 4.91. The van der Waals surface area contributed by atoms with Gasteiger partial charge in [0.1, 0.15) is 0 Å². The van der Waals surface area contributed by atoms with Gasteiger partial charge in [-0.2, -0.15) is 0 Å². The summed E-state index contributed by atoms with van der Waals surface area (Å²) < 4.78 is 5.67. The summed E-state index contributed by atoms with van der Waals surface area (Å²) >= 11 is 0. The molecule has 1 aromatic rings. The van der Waals surface area contributed by atoms with Crippen LogP contribution in [0, 0.1) is 6.92 Å². The van der Waals surface area contributed by atoms with Crippen LogP contribution in [0.15, 0.2) is 24.3 Å². The summed E-state index contributed by atoms with van der Waals surface area (Å²) in [6.45, 7) is 6.17. The van der Waals surface area contributed by atoms with E-state index in [4.69, 9.17) is 4.74 Å². The first-order valence-corrected chi connectivity index (χ1v) is 7.46. The maximum atomic E-state index is 5.67. The summed E-state index contributed by atoms with van der Waals surface area (Å²) in [5.74, 6) is 0. The highest BCUT2D eigenvalue weighted by atomic mass is 16.5. The Kier molecular flexibility index (Phi) is 8.58. The van der Waals surface area contributed by atoms with E-state index in [1.807, 2.05) is 0 Å². The van der Waals surface area contributed by atoms with Gasteiger partial charge in [-0.1, -0.05) is 68.9 Å². The molecule has 0 aliphatic heterocycles. The third-order valence-electron chi connectivity index (χ3n) is 3.30. The second kappa shape index (κ2) is 10.1. The minimum atomic E-state index is 0.859. The van der Waals surface area contributed by atoms with Gasteiger partial charge < -0.3 is 4.74 Å². The van der Waals surface area contributed by atoms with E-state index in [2.05, 4.69) is 38.1 Å². The Labute approximate surface area is 113 Å². The fraction of sp³-hybridized carbons (Fsp3) is 0.647. The van der Waals surface area contributed by atoms with Crippen molar-refractivity contribution >= 4 is 0 Å². The summed E-state index contributed by atoms with van der Waals surface area (Å²) in [6, 6.07) is 8.74. The maximum absolute atomic E-state index is 5.67. The molecule has 0 N–H and O–H groups in total. The van der Waals surface area contributed by atoms with Gasteiger partial charge in [0, 0.05) is 6.61 Å². The van der Waals surface area contributed by atoms with E-state index in [-0.39, 0.29) is 0 Å². The fourth-order valence-corrected chi connectivity index (χ4v) is 2.03. The van der Waals surface area contributed by atoms with Crippen molar-refractivity contribution in [3.05, 3.63) is 35.4 Å². The number of benzene rings is 1. The van der Waals surface area contributed by atoms with Crippen molar-refractivity contribution < 1.29 is 4.74 Å². The van der Waals surface area contributed by atoms with Gasteiger partial charge >= 0.3 is 0 Å². The first-order valence-electron chi connectivity index (χ1n) is 7.46. The van der Waals surface area contributed by atoms with Crippen LogP contribution in [0.3, 0.4) is 0 Å². The summed E-state index contributed by atoms with van der Waals surface area (Å²) in [4.78, 5) is 0. The second-order valence-corrected chi connectivity index (χ2v) is 5.12. The van der Waals surface area contributed by atoms with Gasteiger partial charge in [-0.25, -0.2) is 0 Å². The molecular weight excluding hydrogens is 220 g/mol. The number of unbranched alkanes of at least 4 members (excludes halogenated alkanes) is 5. The quantitative estimate of drug-likeness (QED) is 0.534. The Morgan fingerprint density at radius 2 is 1.50 bits per heavy atom. The third-order valence-corrected chi connectivity index (χ3v) is 3.30. The number of hydrogen-bond acceptors (Lipinski definition) is 1. The molecule has 1 aromatic carbocycles. The zero-order valence-electron chi connectivity index (χ0n) is 12.1. The van der Waals surface area contributed by atoms with E-state index in [0.717, 1.165) is 19.6 Å². The average molecular weight is 248 g/mol. The van der Waals surface area contributed by atoms with Crippen molar-refractivity contribution in [1.82, 2.24) is 0 Å². The van der Waals surface area contributed by atoms with Crippen LogP contribution < -0.4 is 0 Å². The Hall–Kier alpha value is -0.820. The lowest BCUT2D eigenvalue weighted by molar-refractivity contribution is 0.133. The minimum Gasteiger partial charge on any atom is -0.381 e. The predicted molar refractivity (Wildman–Crippen MR) is 79.1 cm³/mol. The topological polar surface area (TPSA) is 9.23 Å². The molecule has 0 unspecified atom stereocenters. The Bertz CT molecular complexity index is 289. The van der Waals surface area contributed by atoms with Crippen LogP contribution in [-0.2, 0) is 11.2 Å². The third kappa shape index (κ3) is 7.50. The van der Waals surface area contributed by atoms with Crippen molar-refractivity contribution in [3.63, 3.8) is 0 Å². The van der Waals surface area contributed by atoms with Gasteiger partial charge in [-0.05, 0) is 25.3 Å². The van der Waals surface area contributed by atoms with Crippen molar-refractivity contribution in [2.75, 3.05) is 13.2 Å². The molecule has 0 atom stereocenters. The lowest BCUT2D eigenvalue weighted by Gasteiger charge is -2.05. The molecule has 1 nitrogen and oxygen atoms in total. The standard InChI is InChI=1S/C17H28O/c1-3-4-5-6-7-8-14-18-15-13-17-11-9-16(2)10-12-17/h9-12H,3-8,13-15H2,1-2H3. The number of rotatable bonds is 10. The molecule has 0 aromatic heterocycles. The smallest absolute Gasteiger partial charge is 0.0506 e. The van der Waals surface area contributed by atoms with Crippen LogP contribution in [0.2, 0.25) is 0 Å². The van der Waals surface area contributed by atoms with E-state index in [1.165, 1.54) is 49.7 Å². The normalized spacial score (nSPS) is 10.8. The Balaban J connectivity index is 1.91. The molecule has 0 saturated carbocycles. The number of aryl methyl sites for hydroxylation is 1. The van der Waals surface area contributed by atoms with Gasteiger partial charge in [-0.15, -0.1) is 0 Å². The molecule has 102 valence electrons. The first kappa shape index (κ1) is 15.2. The van der Waals surface area contributed by atoms with E-state index in [1.54, 1.807) is 0 Å². The zero-order chi connectivity index (χ0) is 13.1. The van der Waals surface area contributed by atoms with Gasteiger partial charge in [0.15, 0.2) is 0 Å². The molecule has 18 heavy (non-hydrogen) atoms. The van der Waals surface area contributed by atoms with Crippen LogP contribution in [-0.4, -0.2) is 13.2 Å². The minimum absolute atomic E-state index is 0.859. The van der Waals surface area contributed by atoms with Crippen molar-refractivity contribution in [2.45, 2.75) is 58.8 Å². The molecule has 1 heteroatoms. The summed E-state index contributed by atoms with van der Waals surface area (Å²) in [5, 5.41) is 0. The molecule has 0 saturated heterocycles. The first-order chi connectivity index (χ1) is 8.83. The van der Waals surface area contributed by atoms with Gasteiger partial charge in [0.25, 0.3) is 0 Å². The maximum Gasteiger partial charge on any atom is 0.0506 e. The lowest BCUT2D eigenvalue weighted by atomic mass is 10.1. The second-order valence-electron chi connectivity index (χ2n) is 5.12. The van der Waals surface area contributed by atoms with Gasteiger partial charge in [0.2, 0.25) is 0 Å². The monoisotopic (exact) mass is 248 g/mol. The summed E-state index contributed by atoms with van der Waals surface area (Å²) in [5.41, 5.74) is 2.70. The lowest BCUT2D eigenvalue weighted by Crippen LogP contribution is -2.00. The highest BCUT2D eigenvalue weighted by Crippen LogP contribution is 2.06. The molecule has 0 amide bonds.